The van der Waals surface area contributed by atoms with E-state index in [-0.39, 0.29) is 5.92 Å². The maximum atomic E-state index is 11.9. The molecular weight excluding hydrogens is 328 g/mol. The Kier molecular flexibility index (Phi) is 8.26. The van der Waals surface area contributed by atoms with Crippen molar-refractivity contribution < 1.29 is 14.6 Å². The summed E-state index contributed by atoms with van der Waals surface area (Å²) >= 11 is 0. The van der Waals surface area contributed by atoms with Crippen molar-refractivity contribution in [3.63, 3.8) is 0 Å². The average molecular weight is 358 g/mol. The second kappa shape index (κ2) is 9.92. The molecule has 0 aliphatic rings. The van der Waals surface area contributed by atoms with E-state index >= 15 is 0 Å². The van der Waals surface area contributed by atoms with Crippen LogP contribution >= 0.6 is 0 Å². The van der Waals surface area contributed by atoms with Crippen LogP contribution in [0.5, 0.6) is 0 Å². The minimum atomic E-state index is -1.02. The van der Waals surface area contributed by atoms with Crippen molar-refractivity contribution in [2.24, 2.45) is 5.41 Å². The lowest BCUT2D eigenvalue weighted by atomic mass is 9.71. The van der Waals surface area contributed by atoms with Gasteiger partial charge in [0.2, 0.25) is 0 Å². The van der Waals surface area contributed by atoms with Gasteiger partial charge in [-0.25, -0.2) is 4.98 Å². The summed E-state index contributed by atoms with van der Waals surface area (Å²) in [4.78, 5) is 18.5. The number of anilines is 1. The SMILES string of the molecule is C=C/C=C(\C=C)C(c1ccc(N(CC)CCOC)nc1)C(C)(C)C(=O)O. The number of carboxylic acids is 1. The molecule has 0 saturated heterocycles. The summed E-state index contributed by atoms with van der Waals surface area (Å²) in [6.07, 6.45) is 6.88. The molecule has 1 heterocycles. The Morgan fingerprint density at radius 3 is 2.54 bits per heavy atom. The van der Waals surface area contributed by atoms with Gasteiger partial charge in [-0.1, -0.05) is 37.5 Å². The van der Waals surface area contributed by atoms with Crippen molar-refractivity contribution in [2.75, 3.05) is 31.7 Å². The number of nitrogens with zero attached hydrogens (tertiary/aromatic N) is 2. The maximum absolute atomic E-state index is 11.9. The van der Waals surface area contributed by atoms with Crippen molar-refractivity contribution in [3.8, 4) is 0 Å². The number of ether oxygens (including phenoxy) is 1. The molecule has 1 unspecified atom stereocenters. The molecule has 0 spiro atoms. The van der Waals surface area contributed by atoms with Gasteiger partial charge in [-0.3, -0.25) is 4.79 Å². The van der Waals surface area contributed by atoms with Gasteiger partial charge in [0.25, 0.3) is 0 Å². The van der Waals surface area contributed by atoms with Crippen molar-refractivity contribution in [1.29, 1.82) is 0 Å². The van der Waals surface area contributed by atoms with E-state index in [9.17, 15) is 9.90 Å². The number of aliphatic carboxylic acids is 1. The topological polar surface area (TPSA) is 62.7 Å². The largest absolute Gasteiger partial charge is 0.481 e. The molecular formula is C21H30N2O3. The van der Waals surface area contributed by atoms with Crippen molar-refractivity contribution in [1.82, 2.24) is 4.98 Å². The van der Waals surface area contributed by atoms with Gasteiger partial charge in [0.15, 0.2) is 0 Å². The molecule has 1 aromatic heterocycles. The van der Waals surface area contributed by atoms with Crippen molar-refractivity contribution >= 4 is 11.8 Å². The average Bonchev–Trinajstić information content (AvgIpc) is 2.62. The van der Waals surface area contributed by atoms with Gasteiger partial charge >= 0.3 is 5.97 Å². The summed E-state index contributed by atoms with van der Waals surface area (Å²) in [5.74, 6) is -0.419. The number of hydrogen-bond donors (Lipinski definition) is 1. The molecule has 5 nitrogen and oxygen atoms in total. The van der Waals surface area contributed by atoms with Crippen molar-refractivity contribution in [2.45, 2.75) is 26.7 Å². The summed E-state index contributed by atoms with van der Waals surface area (Å²) in [5, 5.41) is 9.73. The fraction of sp³-hybridized carbons (Fsp3) is 0.429. The number of carboxylic acid groups (broad SMARTS) is 1. The van der Waals surface area contributed by atoms with Crippen LogP contribution in [0.25, 0.3) is 0 Å². The summed E-state index contributed by atoms with van der Waals surface area (Å²) in [7, 11) is 1.67. The van der Waals surface area contributed by atoms with Crippen LogP contribution in [-0.4, -0.2) is 42.9 Å². The molecule has 0 aliphatic carbocycles. The lowest BCUT2D eigenvalue weighted by Gasteiger charge is -2.32. The van der Waals surface area contributed by atoms with E-state index in [1.807, 2.05) is 12.1 Å². The number of hydrogen-bond acceptors (Lipinski definition) is 4. The minimum absolute atomic E-state index is 0.383. The molecule has 0 fully saturated rings. The molecule has 26 heavy (non-hydrogen) atoms. The van der Waals surface area contributed by atoms with Gasteiger partial charge in [-0.05, 0) is 38.0 Å². The Labute approximate surface area is 156 Å². The second-order valence-corrected chi connectivity index (χ2v) is 6.59. The smallest absolute Gasteiger partial charge is 0.310 e. The number of pyridine rings is 1. The van der Waals surface area contributed by atoms with E-state index in [1.54, 1.807) is 45.4 Å². The summed E-state index contributed by atoms with van der Waals surface area (Å²) < 4.78 is 5.14. The van der Waals surface area contributed by atoms with Gasteiger partial charge in [0.05, 0.1) is 12.0 Å². The van der Waals surface area contributed by atoms with Gasteiger partial charge < -0.3 is 14.7 Å². The zero-order chi connectivity index (χ0) is 19.7. The Morgan fingerprint density at radius 2 is 2.12 bits per heavy atom. The summed E-state index contributed by atoms with van der Waals surface area (Å²) in [6.45, 7) is 15.2. The Balaban J connectivity index is 3.31. The van der Waals surface area contributed by atoms with Gasteiger partial charge in [0.1, 0.15) is 5.82 Å². The second-order valence-electron chi connectivity index (χ2n) is 6.59. The highest BCUT2D eigenvalue weighted by molar-refractivity contribution is 5.76. The first-order valence-corrected chi connectivity index (χ1v) is 8.71. The number of likely N-dealkylation sites (N-methyl/N-ethyl adjacent to an activating group) is 1. The highest BCUT2D eigenvalue weighted by Crippen LogP contribution is 2.41. The molecule has 1 rings (SSSR count). The lowest BCUT2D eigenvalue weighted by molar-refractivity contribution is -0.147. The Hall–Kier alpha value is -2.40. The first kappa shape index (κ1) is 21.6. The fourth-order valence-corrected chi connectivity index (χ4v) is 2.96. The number of aromatic nitrogens is 1. The third kappa shape index (κ3) is 5.05. The van der Waals surface area contributed by atoms with Crippen LogP contribution in [0.15, 0.2) is 55.3 Å². The van der Waals surface area contributed by atoms with Gasteiger partial charge in [-0.2, -0.15) is 0 Å². The number of carbonyl (C=O) groups is 1. The lowest BCUT2D eigenvalue weighted by Crippen LogP contribution is -2.32. The van der Waals surface area contributed by atoms with Crippen LogP contribution in [0.1, 0.15) is 32.3 Å². The van der Waals surface area contributed by atoms with Gasteiger partial charge in [0, 0.05) is 32.3 Å². The van der Waals surface area contributed by atoms with E-state index in [1.165, 1.54) is 0 Å². The van der Waals surface area contributed by atoms with Crippen LogP contribution in [0.3, 0.4) is 0 Å². The quantitative estimate of drug-likeness (QED) is 0.605. The summed E-state index contributed by atoms with van der Waals surface area (Å²) in [5.41, 5.74) is 0.609. The van der Waals surface area contributed by atoms with Crippen LogP contribution in [0, 0.1) is 5.41 Å². The minimum Gasteiger partial charge on any atom is -0.481 e. The monoisotopic (exact) mass is 358 g/mol. The predicted molar refractivity (Wildman–Crippen MR) is 107 cm³/mol. The molecule has 0 amide bonds. The Morgan fingerprint density at radius 1 is 1.42 bits per heavy atom. The molecule has 1 aromatic rings. The molecule has 142 valence electrons. The molecule has 0 bridgehead atoms. The standard InChI is InChI=1S/C21H30N2O3/c1-7-10-16(8-2)19(21(4,5)20(24)25)17-11-12-18(22-15-17)23(9-3)13-14-26-6/h7-8,10-12,15,19H,1-2,9,13-14H2,3-6H3,(H,24,25)/b16-10+. The molecule has 1 N–H and O–H groups in total. The normalized spacial score (nSPS) is 13.2. The molecule has 0 saturated carbocycles. The first-order chi connectivity index (χ1) is 12.3. The van der Waals surface area contributed by atoms with E-state index < -0.39 is 11.4 Å². The molecule has 0 aromatic carbocycles. The Bertz CT molecular complexity index is 648. The van der Waals surface area contributed by atoms with Crippen LogP contribution in [0.4, 0.5) is 5.82 Å². The molecule has 5 heteroatoms. The first-order valence-electron chi connectivity index (χ1n) is 8.71. The highest BCUT2D eigenvalue weighted by atomic mass is 16.5. The van der Waals surface area contributed by atoms with Gasteiger partial charge in [-0.15, -0.1) is 0 Å². The highest BCUT2D eigenvalue weighted by Gasteiger charge is 2.39. The van der Waals surface area contributed by atoms with Crippen LogP contribution in [-0.2, 0) is 9.53 Å². The van der Waals surface area contributed by atoms with Crippen molar-refractivity contribution in [3.05, 3.63) is 60.9 Å². The van der Waals surface area contributed by atoms with E-state index in [4.69, 9.17) is 4.74 Å². The van der Waals surface area contributed by atoms with E-state index in [0.29, 0.717) is 6.61 Å². The molecule has 0 aliphatic heterocycles. The molecule has 0 radical (unpaired) electrons. The number of allylic oxidation sites excluding steroid dienone is 4. The van der Waals surface area contributed by atoms with E-state index in [2.05, 4.69) is 30.0 Å². The van der Waals surface area contributed by atoms with E-state index in [0.717, 1.165) is 30.0 Å². The molecule has 1 atom stereocenters. The number of rotatable bonds is 11. The third-order valence-corrected chi connectivity index (χ3v) is 4.53. The zero-order valence-electron chi connectivity index (χ0n) is 16.2. The number of methoxy groups -OCH3 is 1. The van der Waals surface area contributed by atoms with Crippen LogP contribution < -0.4 is 4.90 Å². The van der Waals surface area contributed by atoms with Crippen LogP contribution in [0.2, 0.25) is 0 Å². The zero-order valence-corrected chi connectivity index (χ0v) is 16.2. The maximum Gasteiger partial charge on any atom is 0.310 e. The summed E-state index contributed by atoms with van der Waals surface area (Å²) in [6, 6.07) is 3.86. The fourth-order valence-electron chi connectivity index (χ4n) is 2.96. The predicted octanol–water partition coefficient (Wildman–Crippen LogP) is 4.05. The third-order valence-electron chi connectivity index (χ3n) is 4.53.